The van der Waals surface area contributed by atoms with Gasteiger partial charge in [0.2, 0.25) is 0 Å². The maximum Gasteiger partial charge on any atom is 0.328 e. The van der Waals surface area contributed by atoms with Crippen molar-refractivity contribution in [2.24, 2.45) is 0 Å². The van der Waals surface area contributed by atoms with E-state index in [9.17, 15) is 9.90 Å². The third kappa shape index (κ3) is 2.36. The molecular weight excluding hydrogens is 180 g/mol. The molecular formula is C11H11O3-. The van der Waals surface area contributed by atoms with Gasteiger partial charge in [0.15, 0.2) is 0 Å². The van der Waals surface area contributed by atoms with Crippen molar-refractivity contribution in [2.75, 3.05) is 0 Å². The largest absolute Gasteiger partial charge is 0.872 e. The van der Waals surface area contributed by atoms with Crippen LogP contribution in [0, 0.1) is 13.8 Å². The first kappa shape index (κ1) is 10.3. The Hall–Kier alpha value is -1.77. The SMILES string of the molecule is Cc1cc([O-])cc(C)c1/C=C/C(=O)O. The average molecular weight is 191 g/mol. The zero-order valence-electron chi connectivity index (χ0n) is 8.07. The molecule has 1 rings (SSSR count). The van der Waals surface area contributed by atoms with Gasteiger partial charge in [0.25, 0.3) is 0 Å². The zero-order valence-corrected chi connectivity index (χ0v) is 8.07. The third-order valence-corrected chi connectivity index (χ3v) is 1.96. The van der Waals surface area contributed by atoms with Crippen molar-refractivity contribution in [1.29, 1.82) is 0 Å². The van der Waals surface area contributed by atoms with E-state index in [2.05, 4.69) is 0 Å². The predicted octanol–water partition coefficient (Wildman–Crippen LogP) is 1.47. The van der Waals surface area contributed by atoms with Crippen LogP contribution in [0.5, 0.6) is 5.75 Å². The van der Waals surface area contributed by atoms with Crippen molar-refractivity contribution < 1.29 is 15.0 Å². The molecule has 0 amide bonds. The number of aryl methyl sites for hydroxylation is 2. The molecule has 0 aromatic heterocycles. The minimum absolute atomic E-state index is 0.0486. The summed E-state index contributed by atoms with van der Waals surface area (Å²) in [5.74, 6) is -1.04. The normalized spacial score (nSPS) is 10.7. The molecule has 0 saturated carbocycles. The van der Waals surface area contributed by atoms with Crippen LogP contribution in [-0.2, 0) is 4.79 Å². The van der Waals surface area contributed by atoms with E-state index in [4.69, 9.17) is 5.11 Å². The van der Waals surface area contributed by atoms with Crippen LogP contribution in [-0.4, -0.2) is 11.1 Å². The second-order valence-electron chi connectivity index (χ2n) is 3.14. The van der Waals surface area contributed by atoms with Crippen molar-refractivity contribution in [1.82, 2.24) is 0 Å². The van der Waals surface area contributed by atoms with Gasteiger partial charge in [0.05, 0.1) is 0 Å². The second kappa shape index (κ2) is 3.96. The molecule has 1 aromatic carbocycles. The first-order chi connectivity index (χ1) is 6.50. The highest BCUT2D eigenvalue weighted by Crippen LogP contribution is 2.20. The summed E-state index contributed by atoms with van der Waals surface area (Å²) in [5, 5.41) is 19.5. The molecule has 1 aromatic rings. The monoisotopic (exact) mass is 191 g/mol. The summed E-state index contributed by atoms with van der Waals surface area (Å²) in [6, 6.07) is 2.99. The van der Waals surface area contributed by atoms with E-state index in [0.717, 1.165) is 22.8 Å². The minimum Gasteiger partial charge on any atom is -0.872 e. The highest BCUT2D eigenvalue weighted by atomic mass is 16.4. The number of hydrogen-bond donors (Lipinski definition) is 1. The fourth-order valence-electron chi connectivity index (χ4n) is 1.35. The summed E-state index contributed by atoms with van der Waals surface area (Å²) in [7, 11) is 0. The van der Waals surface area contributed by atoms with E-state index in [1.165, 1.54) is 18.2 Å². The molecule has 74 valence electrons. The lowest BCUT2D eigenvalue weighted by Crippen LogP contribution is -1.95. The lowest BCUT2D eigenvalue weighted by Gasteiger charge is -2.11. The minimum atomic E-state index is -0.991. The zero-order chi connectivity index (χ0) is 10.7. The van der Waals surface area contributed by atoms with Crippen LogP contribution >= 0.6 is 0 Å². The van der Waals surface area contributed by atoms with Gasteiger partial charge >= 0.3 is 5.97 Å². The van der Waals surface area contributed by atoms with Crippen LogP contribution in [0.3, 0.4) is 0 Å². The number of hydrogen-bond acceptors (Lipinski definition) is 2. The second-order valence-corrected chi connectivity index (χ2v) is 3.14. The Morgan fingerprint density at radius 3 is 2.29 bits per heavy atom. The van der Waals surface area contributed by atoms with Crippen LogP contribution in [0.2, 0.25) is 0 Å². The van der Waals surface area contributed by atoms with Crippen molar-refractivity contribution in [3.8, 4) is 5.75 Å². The fourth-order valence-corrected chi connectivity index (χ4v) is 1.35. The number of carboxylic acid groups (broad SMARTS) is 1. The van der Waals surface area contributed by atoms with Crippen molar-refractivity contribution >= 4 is 12.0 Å². The molecule has 0 spiro atoms. The van der Waals surface area contributed by atoms with Gasteiger partial charge in [-0.2, -0.15) is 0 Å². The van der Waals surface area contributed by atoms with Gasteiger partial charge in [-0.3, -0.25) is 0 Å². The number of benzene rings is 1. The summed E-state index contributed by atoms with van der Waals surface area (Å²) in [5.41, 5.74) is 2.40. The maximum atomic E-state index is 11.1. The van der Waals surface area contributed by atoms with Gasteiger partial charge in [-0.15, -0.1) is 5.75 Å². The van der Waals surface area contributed by atoms with Crippen LogP contribution in [0.4, 0.5) is 0 Å². The first-order valence-electron chi connectivity index (χ1n) is 4.20. The molecule has 0 bridgehead atoms. The summed E-state index contributed by atoms with van der Waals surface area (Å²) < 4.78 is 0. The van der Waals surface area contributed by atoms with Gasteiger partial charge in [0, 0.05) is 6.08 Å². The van der Waals surface area contributed by atoms with Gasteiger partial charge in [-0.25, -0.2) is 4.79 Å². The Balaban J connectivity index is 3.15. The molecule has 0 aliphatic carbocycles. The molecule has 0 radical (unpaired) electrons. The van der Waals surface area contributed by atoms with Crippen LogP contribution in [0.1, 0.15) is 16.7 Å². The summed E-state index contributed by atoms with van der Waals surface area (Å²) in [4.78, 5) is 10.3. The molecule has 0 saturated heterocycles. The molecule has 3 heteroatoms. The molecule has 1 N–H and O–H groups in total. The highest BCUT2D eigenvalue weighted by Gasteiger charge is 1.98. The Bertz CT molecular complexity index is 369. The number of carbonyl (C=O) groups is 1. The number of aliphatic carboxylic acids is 1. The topological polar surface area (TPSA) is 60.4 Å². The Morgan fingerprint density at radius 2 is 1.86 bits per heavy atom. The molecule has 3 nitrogen and oxygen atoms in total. The smallest absolute Gasteiger partial charge is 0.328 e. The molecule has 0 heterocycles. The molecule has 0 aliphatic heterocycles. The molecule has 0 unspecified atom stereocenters. The molecule has 0 atom stereocenters. The summed E-state index contributed by atoms with van der Waals surface area (Å²) in [6.45, 7) is 3.58. The van der Waals surface area contributed by atoms with E-state index in [-0.39, 0.29) is 5.75 Å². The first-order valence-corrected chi connectivity index (χ1v) is 4.20. The van der Waals surface area contributed by atoms with E-state index in [0.29, 0.717) is 0 Å². The van der Waals surface area contributed by atoms with Crippen LogP contribution < -0.4 is 5.11 Å². The standard InChI is InChI=1S/C11H12O3/c1-7-5-9(12)6-8(2)10(7)3-4-11(13)14/h3-6,12H,1-2H3,(H,13,14)/p-1/b4-3+. The summed E-state index contributed by atoms with van der Waals surface area (Å²) >= 11 is 0. The Kier molecular flexibility index (Phi) is 2.92. The molecule has 0 fully saturated rings. The Morgan fingerprint density at radius 1 is 1.36 bits per heavy atom. The quantitative estimate of drug-likeness (QED) is 0.720. The summed E-state index contributed by atoms with van der Waals surface area (Å²) in [6.07, 6.45) is 2.58. The van der Waals surface area contributed by atoms with E-state index < -0.39 is 5.97 Å². The molecule has 14 heavy (non-hydrogen) atoms. The van der Waals surface area contributed by atoms with Gasteiger partial charge < -0.3 is 10.2 Å². The van der Waals surface area contributed by atoms with E-state index in [1.54, 1.807) is 13.8 Å². The number of carboxylic acids is 1. The lowest BCUT2D eigenvalue weighted by atomic mass is 10.0. The van der Waals surface area contributed by atoms with Crippen molar-refractivity contribution in [2.45, 2.75) is 13.8 Å². The number of rotatable bonds is 2. The maximum absolute atomic E-state index is 11.1. The highest BCUT2D eigenvalue weighted by molar-refractivity contribution is 5.86. The van der Waals surface area contributed by atoms with Crippen molar-refractivity contribution in [3.63, 3.8) is 0 Å². The van der Waals surface area contributed by atoms with E-state index >= 15 is 0 Å². The fraction of sp³-hybridized carbons (Fsp3) is 0.182. The predicted molar refractivity (Wildman–Crippen MR) is 52.0 cm³/mol. The van der Waals surface area contributed by atoms with Gasteiger partial charge in [-0.05, 0) is 36.6 Å². The lowest BCUT2D eigenvalue weighted by molar-refractivity contribution is -0.268. The van der Waals surface area contributed by atoms with Gasteiger partial charge in [0.1, 0.15) is 0 Å². The van der Waals surface area contributed by atoms with E-state index in [1.807, 2.05) is 0 Å². The Labute approximate surface area is 82.3 Å². The average Bonchev–Trinajstić information content (AvgIpc) is 2.01. The van der Waals surface area contributed by atoms with Crippen LogP contribution in [0.25, 0.3) is 6.08 Å². The molecule has 0 aliphatic rings. The third-order valence-electron chi connectivity index (χ3n) is 1.96. The van der Waals surface area contributed by atoms with Gasteiger partial charge in [-0.1, -0.05) is 12.1 Å². The van der Waals surface area contributed by atoms with Crippen LogP contribution in [0.15, 0.2) is 18.2 Å². The van der Waals surface area contributed by atoms with Crippen molar-refractivity contribution in [3.05, 3.63) is 34.9 Å².